The molecule has 1 aliphatic heterocycles. The molecule has 7 nitrogen and oxygen atoms in total. The number of amides is 3. The van der Waals surface area contributed by atoms with E-state index in [1.807, 2.05) is 0 Å². The zero-order chi connectivity index (χ0) is 14.3. The molecule has 3 N–H and O–H groups in total. The van der Waals surface area contributed by atoms with Crippen LogP contribution in [-0.2, 0) is 9.53 Å². The third-order valence-corrected chi connectivity index (χ3v) is 3.15. The smallest absolute Gasteiger partial charge is 0.321 e. The van der Waals surface area contributed by atoms with Crippen molar-refractivity contribution in [3.8, 4) is 0 Å². The van der Waals surface area contributed by atoms with E-state index >= 15 is 0 Å². The Morgan fingerprint density at radius 2 is 2.16 bits per heavy atom. The van der Waals surface area contributed by atoms with E-state index in [1.54, 1.807) is 7.11 Å². The van der Waals surface area contributed by atoms with Crippen LogP contribution in [0.3, 0.4) is 0 Å². The SMILES string of the molecule is COCCNC(=O)NC(=O)CN1CCNCC1(C)C. The third kappa shape index (κ3) is 5.54. The van der Waals surface area contributed by atoms with Gasteiger partial charge in [-0.15, -0.1) is 0 Å². The van der Waals surface area contributed by atoms with Crippen molar-refractivity contribution in [3.63, 3.8) is 0 Å². The molecule has 1 fully saturated rings. The van der Waals surface area contributed by atoms with Gasteiger partial charge in [0.25, 0.3) is 0 Å². The molecular weight excluding hydrogens is 248 g/mol. The van der Waals surface area contributed by atoms with Gasteiger partial charge in [0.05, 0.1) is 13.2 Å². The van der Waals surface area contributed by atoms with Gasteiger partial charge in [-0.1, -0.05) is 0 Å². The Labute approximate surface area is 114 Å². The van der Waals surface area contributed by atoms with E-state index in [0.717, 1.165) is 19.6 Å². The number of hydrogen-bond acceptors (Lipinski definition) is 5. The predicted molar refractivity (Wildman–Crippen MR) is 71.9 cm³/mol. The summed E-state index contributed by atoms with van der Waals surface area (Å²) < 4.78 is 4.80. The summed E-state index contributed by atoms with van der Waals surface area (Å²) in [5.74, 6) is -0.287. The van der Waals surface area contributed by atoms with Gasteiger partial charge in [-0.2, -0.15) is 0 Å². The molecule has 1 saturated heterocycles. The first kappa shape index (κ1) is 15.9. The summed E-state index contributed by atoms with van der Waals surface area (Å²) in [6.45, 7) is 7.67. The lowest BCUT2D eigenvalue weighted by atomic mass is 10.0. The van der Waals surface area contributed by atoms with Crippen LogP contribution in [0, 0.1) is 0 Å². The molecule has 0 atom stereocenters. The van der Waals surface area contributed by atoms with Gasteiger partial charge in [-0.05, 0) is 13.8 Å². The highest BCUT2D eigenvalue weighted by Gasteiger charge is 2.30. The van der Waals surface area contributed by atoms with Crippen LogP contribution >= 0.6 is 0 Å². The Morgan fingerprint density at radius 3 is 2.79 bits per heavy atom. The van der Waals surface area contributed by atoms with Crippen LogP contribution < -0.4 is 16.0 Å². The molecule has 0 aromatic carbocycles. The highest BCUT2D eigenvalue weighted by molar-refractivity contribution is 5.95. The van der Waals surface area contributed by atoms with Gasteiger partial charge in [0.15, 0.2) is 0 Å². The van der Waals surface area contributed by atoms with Crippen LogP contribution in [-0.4, -0.2) is 68.8 Å². The standard InChI is InChI=1S/C12H24N4O3/c1-12(2)9-13-4-6-16(12)8-10(17)15-11(18)14-5-7-19-3/h13H,4-9H2,1-3H3,(H2,14,15,17,18). The minimum atomic E-state index is -0.477. The molecule has 1 aliphatic rings. The molecule has 7 heteroatoms. The summed E-state index contributed by atoms with van der Waals surface area (Å²) in [6.07, 6.45) is 0. The van der Waals surface area contributed by atoms with Crippen LogP contribution in [0.4, 0.5) is 4.79 Å². The maximum absolute atomic E-state index is 11.8. The van der Waals surface area contributed by atoms with E-state index in [9.17, 15) is 9.59 Å². The minimum Gasteiger partial charge on any atom is -0.383 e. The normalized spacial score (nSPS) is 18.9. The van der Waals surface area contributed by atoms with Crippen molar-refractivity contribution >= 4 is 11.9 Å². The number of ether oxygens (including phenoxy) is 1. The van der Waals surface area contributed by atoms with Crippen LogP contribution in [0.2, 0.25) is 0 Å². The molecule has 0 saturated carbocycles. The Kier molecular flexibility index (Phi) is 6.20. The summed E-state index contributed by atoms with van der Waals surface area (Å²) in [7, 11) is 1.55. The number of nitrogens with one attached hydrogen (secondary N) is 3. The largest absolute Gasteiger partial charge is 0.383 e. The zero-order valence-electron chi connectivity index (χ0n) is 11.9. The molecule has 0 bridgehead atoms. The molecule has 1 heterocycles. The van der Waals surface area contributed by atoms with Crippen LogP contribution in [0.5, 0.6) is 0 Å². The van der Waals surface area contributed by atoms with Gasteiger partial charge >= 0.3 is 6.03 Å². The summed E-state index contributed by atoms with van der Waals surface area (Å²) in [5.41, 5.74) is -0.0812. The maximum atomic E-state index is 11.8. The van der Waals surface area contributed by atoms with Crippen molar-refractivity contribution in [3.05, 3.63) is 0 Å². The fraction of sp³-hybridized carbons (Fsp3) is 0.833. The highest BCUT2D eigenvalue weighted by Crippen LogP contribution is 2.15. The maximum Gasteiger partial charge on any atom is 0.321 e. The van der Waals surface area contributed by atoms with Crippen molar-refractivity contribution in [2.75, 3.05) is 46.4 Å². The van der Waals surface area contributed by atoms with Crippen molar-refractivity contribution in [2.24, 2.45) is 0 Å². The number of rotatable bonds is 5. The van der Waals surface area contributed by atoms with Crippen molar-refractivity contribution in [1.82, 2.24) is 20.9 Å². The quantitative estimate of drug-likeness (QED) is 0.568. The molecule has 0 spiro atoms. The number of carbonyl (C=O) groups is 2. The van der Waals surface area contributed by atoms with Gasteiger partial charge in [0.2, 0.25) is 5.91 Å². The molecule has 1 rings (SSSR count). The zero-order valence-corrected chi connectivity index (χ0v) is 11.9. The number of methoxy groups -OCH3 is 1. The van der Waals surface area contributed by atoms with Crippen LogP contribution in [0.25, 0.3) is 0 Å². The third-order valence-electron chi connectivity index (χ3n) is 3.15. The average Bonchev–Trinajstić information content (AvgIpc) is 2.32. The van der Waals surface area contributed by atoms with Gasteiger partial charge in [-0.25, -0.2) is 4.79 Å². The number of imide groups is 1. The van der Waals surface area contributed by atoms with E-state index in [-0.39, 0.29) is 18.0 Å². The lowest BCUT2D eigenvalue weighted by molar-refractivity contribution is -0.122. The van der Waals surface area contributed by atoms with Gasteiger partial charge in [-0.3, -0.25) is 15.0 Å². The lowest BCUT2D eigenvalue weighted by Crippen LogP contribution is -2.60. The van der Waals surface area contributed by atoms with Crippen molar-refractivity contribution < 1.29 is 14.3 Å². The molecule has 0 radical (unpaired) electrons. The molecule has 3 amide bonds. The molecule has 0 aromatic heterocycles. The summed E-state index contributed by atoms with van der Waals surface area (Å²) in [6, 6.07) is -0.477. The van der Waals surface area contributed by atoms with Gasteiger partial charge < -0.3 is 15.4 Å². The van der Waals surface area contributed by atoms with Crippen LogP contribution in [0.1, 0.15) is 13.8 Å². The number of urea groups is 1. The molecule has 0 aromatic rings. The van der Waals surface area contributed by atoms with Gasteiger partial charge in [0, 0.05) is 38.8 Å². The number of piperazine rings is 1. The Morgan fingerprint density at radius 1 is 1.42 bits per heavy atom. The fourth-order valence-corrected chi connectivity index (χ4v) is 1.97. The second-order valence-electron chi connectivity index (χ2n) is 5.21. The molecular formula is C12H24N4O3. The molecule has 110 valence electrons. The molecule has 0 unspecified atom stereocenters. The fourth-order valence-electron chi connectivity index (χ4n) is 1.97. The number of nitrogens with zero attached hydrogens (tertiary/aromatic N) is 1. The number of carbonyl (C=O) groups excluding carboxylic acids is 2. The highest BCUT2D eigenvalue weighted by atomic mass is 16.5. The summed E-state index contributed by atoms with van der Waals surface area (Å²) >= 11 is 0. The van der Waals surface area contributed by atoms with Crippen molar-refractivity contribution in [2.45, 2.75) is 19.4 Å². The molecule has 19 heavy (non-hydrogen) atoms. The number of hydrogen-bond donors (Lipinski definition) is 3. The first-order valence-electron chi connectivity index (χ1n) is 6.48. The van der Waals surface area contributed by atoms with E-state index in [1.165, 1.54) is 0 Å². The summed E-state index contributed by atoms with van der Waals surface area (Å²) in [5, 5.41) is 8.15. The molecule has 0 aliphatic carbocycles. The second kappa shape index (κ2) is 7.42. The van der Waals surface area contributed by atoms with E-state index < -0.39 is 6.03 Å². The lowest BCUT2D eigenvalue weighted by Gasteiger charge is -2.42. The minimum absolute atomic E-state index is 0.0812. The average molecular weight is 272 g/mol. The van der Waals surface area contributed by atoms with E-state index in [4.69, 9.17) is 4.74 Å². The Balaban J connectivity index is 2.32. The van der Waals surface area contributed by atoms with Crippen molar-refractivity contribution in [1.29, 1.82) is 0 Å². The Bertz CT molecular complexity index is 320. The van der Waals surface area contributed by atoms with E-state index in [0.29, 0.717) is 13.2 Å². The topological polar surface area (TPSA) is 82.7 Å². The van der Waals surface area contributed by atoms with E-state index in [2.05, 4.69) is 34.7 Å². The van der Waals surface area contributed by atoms with Crippen LogP contribution in [0.15, 0.2) is 0 Å². The van der Waals surface area contributed by atoms with Gasteiger partial charge in [0.1, 0.15) is 0 Å². The predicted octanol–water partition coefficient (Wildman–Crippen LogP) is -0.858. The first-order chi connectivity index (χ1) is 8.95. The first-order valence-corrected chi connectivity index (χ1v) is 6.48. The summed E-state index contributed by atoms with van der Waals surface area (Å²) in [4.78, 5) is 25.2. The monoisotopic (exact) mass is 272 g/mol. The Hall–Kier alpha value is -1.18. The second-order valence-corrected chi connectivity index (χ2v) is 5.21.